The van der Waals surface area contributed by atoms with Crippen molar-refractivity contribution in [3.05, 3.63) is 59.3 Å². The molecule has 1 aliphatic heterocycles. The van der Waals surface area contributed by atoms with Gasteiger partial charge in [-0.1, -0.05) is 30.3 Å². The topological polar surface area (TPSA) is 68.5 Å². The minimum absolute atomic E-state index is 0.0200. The van der Waals surface area contributed by atoms with Crippen LogP contribution in [0.5, 0.6) is 5.88 Å². The van der Waals surface area contributed by atoms with Crippen LogP contribution < -0.4 is 10.5 Å². The third-order valence-corrected chi connectivity index (χ3v) is 4.44. The Bertz CT molecular complexity index is 718. The Morgan fingerprint density at radius 2 is 2.08 bits per heavy atom. The number of piperidine rings is 1. The van der Waals surface area contributed by atoms with Crippen LogP contribution in [0.25, 0.3) is 0 Å². The third-order valence-electron chi connectivity index (χ3n) is 4.44. The number of aryl methyl sites for hydroxylation is 1. The van der Waals surface area contributed by atoms with E-state index in [1.54, 1.807) is 0 Å². The van der Waals surface area contributed by atoms with E-state index < -0.39 is 0 Å². The van der Waals surface area contributed by atoms with Gasteiger partial charge in [-0.3, -0.25) is 4.79 Å². The van der Waals surface area contributed by atoms with Gasteiger partial charge in [0.25, 0.3) is 0 Å². The molecule has 0 bridgehead atoms. The number of ether oxygens (including phenoxy) is 1. The number of pyridine rings is 1. The van der Waals surface area contributed by atoms with Gasteiger partial charge in [0.15, 0.2) is 0 Å². The Kier molecular flexibility index (Phi) is 5.66. The van der Waals surface area contributed by atoms with Crippen LogP contribution in [-0.4, -0.2) is 35.0 Å². The summed E-state index contributed by atoms with van der Waals surface area (Å²) in [5.41, 5.74) is 8.67. The van der Waals surface area contributed by atoms with Gasteiger partial charge in [0.1, 0.15) is 6.10 Å². The molecule has 0 unspecified atom stereocenters. The van der Waals surface area contributed by atoms with Gasteiger partial charge < -0.3 is 15.4 Å². The van der Waals surface area contributed by atoms with E-state index in [9.17, 15) is 4.79 Å². The van der Waals surface area contributed by atoms with E-state index in [1.165, 1.54) is 0 Å². The zero-order chi connectivity index (χ0) is 17.6. The largest absolute Gasteiger partial charge is 0.472 e. The summed E-state index contributed by atoms with van der Waals surface area (Å²) >= 11 is 0. The van der Waals surface area contributed by atoms with Gasteiger partial charge in [0.2, 0.25) is 11.8 Å². The molecule has 25 heavy (non-hydrogen) atoms. The van der Waals surface area contributed by atoms with E-state index >= 15 is 0 Å². The molecule has 0 saturated carbocycles. The highest BCUT2D eigenvalue weighted by molar-refractivity contribution is 5.78. The van der Waals surface area contributed by atoms with Crippen LogP contribution in [0.2, 0.25) is 0 Å². The Morgan fingerprint density at radius 3 is 2.84 bits per heavy atom. The molecule has 2 N–H and O–H groups in total. The highest BCUT2D eigenvalue weighted by Crippen LogP contribution is 2.19. The van der Waals surface area contributed by atoms with Gasteiger partial charge in [-0.2, -0.15) is 0 Å². The molecule has 1 aliphatic rings. The van der Waals surface area contributed by atoms with Gasteiger partial charge in [-0.25, -0.2) is 4.98 Å². The molecule has 132 valence electrons. The van der Waals surface area contributed by atoms with Crippen LogP contribution >= 0.6 is 0 Å². The smallest absolute Gasteiger partial charge is 0.227 e. The van der Waals surface area contributed by atoms with Gasteiger partial charge in [0, 0.05) is 24.8 Å². The van der Waals surface area contributed by atoms with Crippen molar-refractivity contribution in [3.63, 3.8) is 0 Å². The van der Waals surface area contributed by atoms with Gasteiger partial charge in [0.05, 0.1) is 13.0 Å². The second-order valence-corrected chi connectivity index (χ2v) is 6.54. The molecule has 1 aromatic carbocycles. The standard InChI is InChI=1S/C20H25N3O2/c1-15-10-17(13-21)11-19(22-15)25-18-8-5-9-23(14-18)20(24)12-16-6-3-2-4-7-16/h2-4,6-7,10-11,18H,5,8-9,12-14,21H2,1H3/t18-/m0/s1. The monoisotopic (exact) mass is 339 g/mol. The van der Waals surface area contributed by atoms with Crippen LogP contribution in [0.15, 0.2) is 42.5 Å². The third kappa shape index (κ3) is 4.79. The highest BCUT2D eigenvalue weighted by atomic mass is 16.5. The summed E-state index contributed by atoms with van der Waals surface area (Å²) in [6.07, 6.45) is 2.30. The number of aromatic nitrogens is 1. The molecule has 1 aromatic heterocycles. The molecular formula is C20H25N3O2. The maximum absolute atomic E-state index is 12.6. The number of hydrogen-bond acceptors (Lipinski definition) is 4. The lowest BCUT2D eigenvalue weighted by Gasteiger charge is -2.32. The van der Waals surface area contributed by atoms with E-state index in [0.717, 1.165) is 36.2 Å². The van der Waals surface area contributed by atoms with Gasteiger partial charge in [-0.05, 0) is 37.0 Å². The summed E-state index contributed by atoms with van der Waals surface area (Å²) in [5, 5.41) is 0. The van der Waals surface area contributed by atoms with E-state index in [1.807, 2.05) is 54.3 Å². The molecule has 3 rings (SSSR count). The number of nitrogens with two attached hydrogens (primary N) is 1. The SMILES string of the molecule is Cc1cc(CN)cc(O[C@H]2CCCN(C(=O)Cc3ccccc3)C2)n1. The lowest BCUT2D eigenvalue weighted by Crippen LogP contribution is -2.45. The van der Waals surface area contributed by atoms with Crippen molar-refractivity contribution in [2.45, 2.75) is 38.8 Å². The number of benzene rings is 1. The van der Waals surface area contributed by atoms with E-state index in [0.29, 0.717) is 25.4 Å². The zero-order valence-corrected chi connectivity index (χ0v) is 14.6. The first-order valence-corrected chi connectivity index (χ1v) is 8.80. The summed E-state index contributed by atoms with van der Waals surface area (Å²) in [4.78, 5) is 18.9. The fourth-order valence-electron chi connectivity index (χ4n) is 3.20. The van der Waals surface area contributed by atoms with E-state index in [-0.39, 0.29) is 12.0 Å². The number of amides is 1. The summed E-state index contributed by atoms with van der Waals surface area (Å²) in [6, 6.07) is 13.7. The quantitative estimate of drug-likeness (QED) is 0.908. The lowest BCUT2D eigenvalue weighted by molar-refractivity contribution is -0.133. The van der Waals surface area contributed by atoms with Crippen molar-refractivity contribution in [1.82, 2.24) is 9.88 Å². The first-order chi connectivity index (χ1) is 12.1. The molecule has 5 nitrogen and oxygen atoms in total. The Balaban J connectivity index is 1.61. The van der Waals surface area contributed by atoms with Crippen molar-refractivity contribution in [2.24, 2.45) is 5.73 Å². The minimum atomic E-state index is -0.0200. The lowest BCUT2D eigenvalue weighted by atomic mass is 10.1. The normalized spacial score (nSPS) is 17.4. The Morgan fingerprint density at radius 1 is 1.28 bits per heavy atom. The predicted octanol–water partition coefficient (Wildman–Crippen LogP) is 2.46. The zero-order valence-electron chi connectivity index (χ0n) is 14.6. The summed E-state index contributed by atoms with van der Waals surface area (Å²) in [5.74, 6) is 0.752. The molecule has 0 spiro atoms. The number of nitrogens with zero attached hydrogens (tertiary/aromatic N) is 2. The van der Waals surface area contributed by atoms with Crippen molar-refractivity contribution in [2.75, 3.05) is 13.1 Å². The average Bonchev–Trinajstić information content (AvgIpc) is 2.62. The number of rotatable bonds is 5. The molecule has 1 fully saturated rings. The summed E-state index contributed by atoms with van der Waals surface area (Å²) in [7, 11) is 0. The fraction of sp³-hybridized carbons (Fsp3) is 0.400. The van der Waals surface area contributed by atoms with Crippen LogP contribution in [-0.2, 0) is 17.8 Å². The van der Waals surface area contributed by atoms with Crippen LogP contribution in [0.4, 0.5) is 0 Å². The van der Waals surface area contributed by atoms with Crippen LogP contribution in [0, 0.1) is 6.92 Å². The number of likely N-dealkylation sites (tertiary alicyclic amines) is 1. The molecule has 1 saturated heterocycles. The average molecular weight is 339 g/mol. The molecule has 1 amide bonds. The highest BCUT2D eigenvalue weighted by Gasteiger charge is 2.25. The molecule has 2 heterocycles. The number of carbonyl (C=O) groups is 1. The molecule has 0 radical (unpaired) electrons. The van der Waals surface area contributed by atoms with Crippen molar-refractivity contribution < 1.29 is 9.53 Å². The maximum Gasteiger partial charge on any atom is 0.227 e. The summed E-state index contributed by atoms with van der Waals surface area (Å²) < 4.78 is 6.05. The van der Waals surface area contributed by atoms with E-state index in [2.05, 4.69) is 4.98 Å². The molecular weight excluding hydrogens is 314 g/mol. The second kappa shape index (κ2) is 8.12. The molecule has 1 atom stereocenters. The van der Waals surface area contributed by atoms with Crippen molar-refractivity contribution in [1.29, 1.82) is 0 Å². The van der Waals surface area contributed by atoms with Crippen LogP contribution in [0.1, 0.15) is 29.7 Å². The molecule has 0 aliphatic carbocycles. The first-order valence-electron chi connectivity index (χ1n) is 8.80. The predicted molar refractivity (Wildman–Crippen MR) is 97.2 cm³/mol. The summed E-state index contributed by atoms with van der Waals surface area (Å²) in [6.45, 7) is 3.80. The van der Waals surface area contributed by atoms with Crippen molar-refractivity contribution in [3.8, 4) is 5.88 Å². The fourth-order valence-corrected chi connectivity index (χ4v) is 3.20. The second-order valence-electron chi connectivity index (χ2n) is 6.54. The Labute approximate surface area is 148 Å². The number of carbonyl (C=O) groups excluding carboxylic acids is 1. The molecule has 2 aromatic rings. The Hall–Kier alpha value is -2.40. The minimum Gasteiger partial charge on any atom is -0.472 e. The number of hydrogen-bond donors (Lipinski definition) is 1. The van der Waals surface area contributed by atoms with Gasteiger partial charge in [-0.15, -0.1) is 0 Å². The maximum atomic E-state index is 12.6. The van der Waals surface area contributed by atoms with Gasteiger partial charge >= 0.3 is 0 Å². The van der Waals surface area contributed by atoms with E-state index in [4.69, 9.17) is 10.5 Å². The van der Waals surface area contributed by atoms with Crippen LogP contribution in [0.3, 0.4) is 0 Å². The van der Waals surface area contributed by atoms with Crippen molar-refractivity contribution >= 4 is 5.91 Å². The molecule has 5 heteroatoms. The first kappa shape index (κ1) is 17.4.